The van der Waals surface area contributed by atoms with Gasteiger partial charge in [0.25, 0.3) is 5.91 Å². The van der Waals surface area contributed by atoms with Crippen molar-refractivity contribution < 1.29 is 9.90 Å². The number of hydrogen-bond acceptors (Lipinski definition) is 2. The molecule has 128 valence electrons. The molecule has 0 heterocycles. The summed E-state index contributed by atoms with van der Waals surface area (Å²) in [5.41, 5.74) is 1.67. The molecule has 0 radical (unpaired) electrons. The third-order valence-electron chi connectivity index (χ3n) is 3.95. The molecule has 1 aromatic carbocycles. The van der Waals surface area contributed by atoms with E-state index >= 15 is 0 Å². The molecule has 3 nitrogen and oxygen atoms in total. The van der Waals surface area contributed by atoms with Gasteiger partial charge in [-0.05, 0) is 30.5 Å². The van der Waals surface area contributed by atoms with Crippen LogP contribution in [0, 0.1) is 0 Å². The molecule has 0 unspecified atom stereocenters. The molecule has 0 fully saturated rings. The summed E-state index contributed by atoms with van der Waals surface area (Å²) in [6, 6.07) is 7.41. The number of aliphatic hydroxyl groups excluding tert-OH is 1. The zero-order valence-electron chi connectivity index (χ0n) is 14.4. The normalized spacial score (nSPS) is 11.0. The van der Waals surface area contributed by atoms with Gasteiger partial charge in [-0.2, -0.15) is 0 Å². The van der Waals surface area contributed by atoms with Crippen molar-refractivity contribution in [2.75, 3.05) is 6.73 Å². The van der Waals surface area contributed by atoms with Gasteiger partial charge in [-0.3, -0.25) is 4.79 Å². The fourth-order valence-corrected chi connectivity index (χ4v) is 2.53. The van der Waals surface area contributed by atoms with E-state index in [1.165, 1.54) is 51.4 Å². The van der Waals surface area contributed by atoms with Gasteiger partial charge in [0.15, 0.2) is 0 Å². The van der Waals surface area contributed by atoms with Crippen molar-refractivity contribution in [2.24, 2.45) is 0 Å². The minimum absolute atomic E-state index is 0.248. The first-order valence-corrected chi connectivity index (χ1v) is 8.93. The summed E-state index contributed by atoms with van der Waals surface area (Å²) in [5, 5.41) is 11.0. The van der Waals surface area contributed by atoms with Crippen LogP contribution in [0.15, 0.2) is 30.3 Å². The quantitative estimate of drug-likeness (QED) is 0.425. The van der Waals surface area contributed by atoms with Gasteiger partial charge in [-0.1, -0.05) is 76.2 Å². The molecule has 0 aliphatic heterocycles. The molecule has 2 N–H and O–H groups in total. The number of aliphatic hydroxyl groups is 1. The first-order chi connectivity index (χ1) is 11.3. The van der Waals surface area contributed by atoms with Crippen LogP contribution in [0.3, 0.4) is 0 Å². The minimum atomic E-state index is -0.334. The van der Waals surface area contributed by atoms with Crippen LogP contribution in [-0.4, -0.2) is 17.7 Å². The van der Waals surface area contributed by atoms with E-state index < -0.39 is 0 Å². The Kier molecular flexibility index (Phi) is 10.9. The lowest BCUT2D eigenvalue weighted by Crippen LogP contribution is -2.23. The number of allylic oxidation sites excluding steroid dienone is 1. The van der Waals surface area contributed by atoms with E-state index in [1.807, 2.05) is 12.1 Å². The first kappa shape index (κ1) is 19.4. The van der Waals surface area contributed by atoms with Crippen molar-refractivity contribution in [3.8, 4) is 0 Å². The highest BCUT2D eigenvalue weighted by atomic mass is 16.3. The van der Waals surface area contributed by atoms with Crippen molar-refractivity contribution >= 4 is 12.0 Å². The first-order valence-electron chi connectivity index (χ1n) is 8.93. The molecule has 0 spiro atoms. The zero-order valence-corrected chi connectivity index (χ0v) is 14.4. The molecule has 1 rings (SSSR count). The summed E-state index contributed by atoms with van der Waals surface area (Å²) < 4.78 is 0. The van der Waals surface area contributed by atoms with Crippen LogP contribution in [-0.2, 0) is 0 Å². The smallest absolute Gasteiger partial charge is 0.253 e. The van der Waals surface area contributed by atoms with E-state index in [0.717, 1.165) is 12.0 Å². The number of unbranched alkanes of at least 4 members (excludes halogenated alkanes) is 8. The minimum Gasteiger partial charge on any atom is -0.376 e. The Hall–Kier alpha value is -1.61. The highest BCUT2D eigenvalue weighted by molar-refractivity contribution is 5.94. The fourth-order valence-electron chi connectivity index (χ4n) is 2.53. The second kappa shape index (κ2) is 12.9. The second-order valence-corrected chi connectivity index (χ2v) is 5.95. The van der Waals surface area contributed by atoms with Gasteiger partial charge in [0, 0.05) is 5.56 Å². The maximum atomic E-state index is 11.5. The van der Waals surface area contributed by atoms with Crippen LogP contribution >= 0.6 is 0 Å². The van der Waals surface area contributed by atoms with Crippen LogP contribution in [0.2, 0.25) is 0 Å². The molecule has 0 aliphatic rings. The third kappa shape index (κ3) is 9.19. The molecule has 0 saturated heterocycles. The average molecular weight is 317 g/mol. The molecule has 1 aromatic rings. The van der Waals surface area contributed by atoms with Crippen LogP contribution in [0.1, 0.15) is 80.6 Å². The SMILES string of the molecule is CCCCCCCCCCC=Cc1ccc(C(=O)NCO)cc1. The van der Waals surface area contributed by atoms with Crippen LogP contribution in [0.25, 0.3) is 6.08 Å². The van der Waals surface area contributed by atoms with Gasteiger partial charge in [-0.15, -0.1) is 0 Å². The lowest BCUT2D eigenvalue weighted by molar-refractivity contribution is 0.0910. The highest BCUT2D eigenvalue weighted by Gasteiger charge is 2.02. The van der Waals surface area contributed by atoms with Crippen molar-refractivity contribution in [3.05, 3.63) is 41.5 Å². The Bertz CT molecular complexity index is 451. The Morgan fingerprint density at radius 2 is 1.61 bits per heavy atom. The average Bonchev–Trinajstić information content (AvgIpc) is 2.57. The molecule has 0 aliphatic carbocycles. The number of rotatable bonds is 12. The van der Waals surface area contributed by atoms with Crippen molar-refractivity contribution in [1.29, 1.82) is 0 Å². The summed E-state index contributed by atoms with van der Waals surface area (Å²) >= 11 is 0. The zero-order chi connectivity index (χ0) is 16.8. The lowest BCUT2D eigenvalue weighted by atomic mass is 10.1. The number of nitrogens with one attached hydrogen (secondary N) is 1. The summed E-state index contributed by atoms with van der Waals surface area (Å²) in [7, 11) is 0. The molecule has 0 atom stereocenters. The van der Waals surface area contributed by atoms with Crippen molar-refractivity contribution in [2.45, 2.75) is 64.7 Å². The topological polar surface area (TPSA) is 49.3 Å². The van der Waals surface area contributed by atoms with Gasteiger partial charge in [0.05, 0.1) is 0 Å². The summed E-state index contributed by atoms with van der Waals surface area (Å²) in [5.74, 6) is -0.248. The maximum absolute atomic E-state index is 11.5. The van der Waals surface area contributed by atoms with Crippen molar-refractivity contribution in [1.82, 2.24) is 5.32 Å². The number of carbonyl (C=O) groups excluding carboxylic acids is 1. The van der Waals surface area contributed by atoms with E-state index in [0.29, 0.717) is 5.56 Å². The second-order valence-electron chi connectivity index (χ2n) is 5.95. The Morgan fingerprint density at radius 1 is 1.00 bits per heavy atom. The Morgan fingerprint density at radius 3 is 2.22 bits per heavy atom. The monoisotopic (exact) mass is 317 g/mol. The molecular formula is C20H31NO2. The Labute approximate surface area is 140 Å². The number of carbonyl (C=O) groups is 1. The van der Waals surface area contributed by atoms with Crippen LogP contribution < -0.4 is 5.32 Å². The number of amides is 1. The van der Waals surface area contributed by atoms with E-state index in [2.05, 4.69) is 24.4 Å². The van der Waals surface area contributed by atoms with Crippen LogP contribution in [0.5, 0.6) is 0 Å². The number of benzene rings is 1. The van der Waals surface area contributed by atoms with Crippen molar-refractivity contribution in [3.63, 3.8) is 0 Å². The maximum Gasteiger partial charge on any atom is 0.253 e. The predicted molar refractivity (Wildman–Crippen MR) is 97.3 cm³/mol. The molecule has 0 bridgehead atoms. The fraction of sp³-hybridized carbons (Fsp3) is 0.550. The third-order valence-corrected chi connectivity index (χ3v) is 3.95. The Balaban J connectivity index is 2.14. The highest BCUT2D eigenvalue weighted by Crippen LogP contribution is 2.11. The van der Waals surface area contributed by atoms with Gasteiger partial charge in [0.2, 0.25) is 0 Å². The molecule has 0 saturated carbocycles. The summed E-state index contributed by atoms with van der Waals surface area (Å²) in [6.45, 7) is 1.92. The van der Waals surface area contributed by atoms with Gasteiger partial charge >= 0.3 is 0 Å². The molecular weight excluding hydrogens is 286 g/mol. The molecule has 0 aromatic heterocycles. The standard InChI is InChI=1S/C20H31NO2/c1-2-3-4-5-6-7-8-9-10-11-12-18-13-15-19(16-14-18)20(23)21-17-22/h11-16,22H,2-10,17H2,1H3,(H,21,23). The molecule has 23 heavy (non-hydrogen) atoms. The lowest BCUT2D eigenvalue weighted by Gasteiger charge is -2.02. The van der Waals surface area contributed by atoms with E-state index in [4.69, 9.17) is 5.11 Å². The van der Waals surface area contributed by atoms with Gasteiger partial charge < -0.3 is 10.4 Å². The molecule has 1 amide bonds. The van der Waals surface area contributed by atoms with E-state index in [9.17, 15) is 4.79 Å². The van der Waals surface area contributed by atoms with Gasteiger partial charge in [0.1, 0.15) is 6.73 Å². The largest absolute Gasteiger partial charge is 0.376 e. The van der Waals surface area contributed by atoms with E-state index in [-0.39, 0.29) is 12.6 Å². The van der Waals surface area contributed by atoms with Gasteiger partial charge in [-0.25, -0.2) is 0 Å². The van der Waals surface area contributed by atoms with E-state index in [1.54, 1.807) is 12.1 Å². The number of hydrogen-bond donors (Lipinski definition) is 2. The summed E-state index contributed by atoms with van der Waals surface area (Å²) in [4.78, 5) is 11.5. The van der Waals surface area contributed by atoms with Crippen LogP contribution in [0.4, 0.5) is 0 Å². The summed E-state index contributed by atoms with van der Waals surface area (Å²) in [6.07, 6.45) is 16.2. The molecule has 3 heteroatoms. The predicted octanol–water partition coefficient (Wildman–Crippen LogP) is 4.91.